The number of benzene rings is 2. The number of hydrogen-bond donors (Lipinski definition) is 1. The van der Waals surface area contributed by atoms with E-state index in [0.717, 1.165) is 16.2 Å². The smallest absolute Gasteiger partial charge is 0.325 e. The summed E-state index contributed by atoms with van der Waals surface area (Å²) < 4.78 is 16.0. The van der Waals surface area contributed by atoms with Crippen molar-refractivity contribution >= 4 is 11.9 Å². The van der Waals surface area contributed by atoms with Crippen LogP contribution in [0.5, 0.6) is 11.5 Å². The maximum absolute atomic E-state index is 13.0. The van der Waals surface area contributed by atoms with Crippen LogP contribution < -0.4 is 14.8 Å². The number of carbonyl (C=O) groups is 2. The van der Waals surface area contributed by atoms with Gasteiger partial charge in [0.2, 0.25) is 11.8 Å². The number of nitrogens with zero attached hydrogens (tertiary/aromatic N) is 3. The molecule has 166 valence electrons. The van der Waals surface area contributed by atoms with Gasteiger partial charge < -0.3 is 19.2 Å². The lowest BCUT2D eigenvalue weighted by Gasteiger charge is -2.21. The Morgan fingerprint density at radius 3 is 2.22 bits per heavy atom. The summed E-state index contributed by atoms with van der Waals surface area (Å²) in [7, 11) is 3.20. The van der Waals surface area contributed by atoms with Crippen molar-refractivity contribution in [1.29, 1.82) is 0 Å². The molecule has 2 heterocycles. The number of urea groups is 1. The number of methoxy groups -OCH3 is 2. The molecule has 3 amide bonds. The Bertz CT molecular complexity index is 1110. The highest BCUT2D eigenvalue weighted by Crippen LogP contribution is 2.26. The monoisotopic (exact) mass is 436 g/mol. The highest BCUT2D eigenvalue weighted by Gasteiger charge is 2.47. The molecule has 1 aliphatic rings. The van der Waals surface area contributed by atoms with E-state index >= 15 is 0 Å². The number of ether oxygens (including phenoxy) is 2. The molecule has 0 aliphatic carbocycles. The van der Waals surface area contributed by atoms with E-state index in [1.165, 1.54) is 0 Å². The highest BCUT2D eigenvalue weighted by atomic mass is 16.5. The second-order valence-electron chi connectivity index (χ2n) is 7.73. The van der Waals surface area contributed by atoms with Crippen LogP contribution in [0.25, 0.3) is 11.5 Å². The van der Waals surface area contributed by atoms with E-state index in [4.69, 9.17) is 13.9 Å². The first kappa shape index (κ1) is 21.4. The number of amides is 3. The predicted octanol–water partition coefficient (Wildman–Crippen LogP) is 3.20. The lowest BCUT2D eigenvalue weighted by molar-refractivity contribution is -0.131. The minimum absolute atomic E-state index is 0.0913. The van der Waals surface area contributed by atoms with Gasteiger partial charge in [-0.05, 0) is 61.7 Å². The lowest BCUT2D eigenvalue weighted by Crippen LogP contribution is -2.44. The number of aromatic nitrogens is 2. The number of carbonyl (C=O) groups excluding carboxylic acids is 2. The molecule has 1 atom stereocenters. The van der Waals surface area contributed by atoms with Gasteiger partial charge in [0.05, 0.1) is 14.2 Å². The van der Waals surface area contributed by atoms with Crippen molar-refractivity contribution in [3.8, 4) is 23.0 Å². The van der Waals surface area contributed by atoms with E-state index in [2.05, 4.69) is 15.5 Å². The van der Waals surface area contributed by atoms with Gasteiger partial charge in [-0.1, -0.05) is 12.1 Å². The average Bonchev–Trinajstić information content (AvgIpc) is 3.37. The van der Waals surface area contributed by atoms with E-state index in [-0.39, 0.29) is 18.3 Å². The Morgan fingerprint density at radius 1 is 0.969 bits per heavy atom. The first-order valence-corrected chi connectivity index (χ1v) is 10.2. The summed E-state index contributed by atoms with van der Waals surface area (Å²) in [6.07, 6.45) is 1.09. The Balaban J connectivity index is 1.41. The molecule has 2 aromatic carbocycles. The molecule has 32 heavy (non-hydrogen) atoms. The van der Waals surface area contributed by atoms with E-state index in [1.807, 2.05) is 24.3 Å². The van der Waals surface area contributed by atoms with Crippen LogP contribution in [0, 0.1) is 0 Å². The summed E-state index contributed by atoms with van der Waals surface area (Å²) >= 11 is 0. The first-order chi connectivity index (χ1) is 15.4. The van der Waals surface area contributed by atoms with Crippen molar-refractivity contribution in [2.75, 3.05) is 14.2 Å². The van der Waals surface area contributed by atoms with Gasteiger partial charge in [-0.3, -0.25) is 9.69 Å². The fourth-order valence-electron chi connectivity index (χ4n) is 3.55. The van der Waals surface area contributed by atoms with Crippen LogP contribution in [0.3, 0.4) is 0 Å². The fourth-order valence-corrected chi connectivity index (χ4v) is 3.55. The third kappa shape index (κ3) is 4.27. The molecule has 1 aromatic heterocycles. The van der Waals surface area contributed by atoms with Crippen LogP contribution in [0.1, 0.15) is 24.8 Å². The van der Waals surface area contributed by atoms with Gasteiger partial charge in [0, 0.05) is 5.56 Å². The molecular formula is C23H24N4O5. The molecule has 3 aromatic rings. The van der Waals surface area contributed by atoms with Crippen LogP contribution in [0.2, 0.25) is 0 Å². The summed E-state index contributed by atoms with van der Waals surface area (Å²) in [6.45, 7) is 1.64. The van der Waals surface area contributed by atoms with E-state index in [0.29, 0.717) is 30.0 Å². The molecule has 1 fully saturated rings. The zero-order valence-electron chi connectivity index (χ0n) is 18.1. The molecule has 0 radical (unpaired) electrons. The number of rotatable bonds is 8. The second kappa shape index (κ2) is 8.70. The zero-order valence-corrected chi connectivity index (χ0v) is 18.1. The van der Waals surface area contributed by atoms with Crippen molar-refractivity contribution < 1.29 is 23.5 Å². The van der Waals surface area contributed by atoms with Crippen LogP contribution >= 0.6 is 0 Å². The van der Waals surface area contributed by atoms with Crippen LogP contribution in [0.4, 0.5) is 4.79 Å². The van der Waals surface area contributed by atoms with E-state index in [9.17, 15) is 9.59 Å². The van der Waals surface area contributed by atoms with Gasteiger partial charge in [-0.2, -0.15) is 0 Å². The maximum atomic E-state index is 13.0. The molecule has 0 spiro atoms. The second-order valence-corrected chi connectivity index (χ2v) is 7.73. The maximum Gasteiger partial charge on any atom is 0.325 e. The van der Waals surface area contributed by atoms with Crippen molar-refractivity contribution in [2.24, 2.45) is 0 Å². The number of nitrogens with one attached hydrogen (secondary N) is 1. The molecule has 4 rings (SSSR count). The summed E-state index contributed by atoms with van der Waals surface area (Å²) in [4.78, 5) is 26.7. The summed E-state index contributed by atoms with van der Waals surface area (Å²) in [5.74, 6) is 1.64. The average molecular weight is 436 g/mol. The Labute approximate surface area is 185 Å². The molecule has 1 saturated heterocycles. The van der Waals surface area contributed by atoms with Gasteiger partial charge in [-0.25, -0.2) is 4.79 Å². The standard InChI is InChI=1S/C23H24N4O5/c1-23(13-12-15-4-8-17(30-2)9-5-15)21(28)27(22(29)24-23)14-19-25-26-20(32-19)16-6-10-18(31-3)11-7-16/h4-11H,12-14H2,1-3H3,(H,24,29). The van der Waals surface area contributed by atoms with E-state index < -0.39 is 11.6 Å². The molecular weight excluding hydrogens is 412 g/mol. The lowest BCUT2D eigenvalue weighted by atomic mass is 9.93. The van der Waals surface area contributed by atoms with Crippen LogP contribution in [0.15, 0.2) is 52.9 Å². The first-order valence-electron chi connectivity index (χ1n) is 10.2. The topological polar surface area (TPSA) is 107 Å². The van der Waals surface area contributed by atoms with Gasteiger partial charge >= 0.3 is 6.03 Å². The van der Waals surface area contributed by atoms with E-state index in [1.54, 1.807) is 45.4 Å². The number of imide groups is 1. The van der Waals surface area contributed by atoms with Gasteiger partial charge in [0.15, 0.2) is 0 Å². The van der Waals surface area contributed by atoms with Crippen molar-refractivity contribution in [3.63, 3.8) is 0 Å². The largest absolute Gasteiger partial charge is 0.497 e. The fraction of sp³-hybridized carbons (Fsp3) is 0.304. The van der Waals surface area contributed by atoms with Gasteiger partial charge in [-0.15, -0.1) is 10.2 Å². The zero-order chi connectivity index (χ0) is 22.7. The Kier molecular flexibility index (Phi) is 5.81. The quantitative estimate of drug-likeness (QED) is 0.541. The number of aryl methyl sites for hydroxylation is 1. The van der Waals surface area contributed by atoms with Gasteiger partial charge in [0.1, 0.15) is 23.6 Å². The minimum atomic E-state index is -1.00. The Hall–Kier alpha value is -3.88. The SMILES string of the molecule is COc1ccc(CCC2(C)NC(=O)N(Cc3nnc(-c4ccc(OC)cc4)o3)C2=O)cc1. The molecule has 0 bridgehead atoms. The van der Waals surface area contributed by atoms with Crippen molar-refractivity contribution in [2.45, 2.75) is 31.8 Å². The molecule has 0 saturated carbocycles. The third-order valence-corrected chi connectivity index (χ3v) is 5.52. The normalized spacial score (nSPS) is 18.0. The minimum Gasteiger partial charge on any atom is -0.497 e. The van der Waals surface area contributed by atoms with Crippen molar-refractivity contribution in [3.05, 3.63) is 60.0 Å². The van der Waals surface area contributed by atoms with Gasteiger partial charge in [0.25, 0.3) is 5.91 Å². The van der Waals surface area contributed by atoms with Crippen molar-refractivity contribution in [1.82, 2.24) is 20.4 Å². The molecule has 9 heteroatoms. The molecule has 1 unspecified atom stereocenters. The summed E-state index contributed by atoms with van der Waals surface area (Å²) in [6, 6.07) is 14.3. The Morgan fingerprint density at radius 2 is 1.59 bits per heavy atom. The summed E-state index contributed by atoms with van der Waals surface area (Å²) in [5.41, 5.74) is 0.759. The molecule has 1 aliphatic heterocycles. The highest BCUT2D eigenvalue weighted by molar-refractivity contribution is 6.06. The molecule has 9 nitrogen and oxygen atoms in total. The molecule has 1 N–H and O–H groups in total. The summed E-state index contributed by atoms with van der Waals surface area (Å²) in [5, 5.41) is 10.8. The third-order valence-electron chi connectivity index (χ3n) is 5.52. The number of hydrogen-bond acceptors (Lipinski definition) is 7. The van der Waals surface area contributed by atoms with Crippen LogP contribution in [-0.2, 0) is 17.8 Å². The predicted molar refractivity (Wildman–Crippen MR) is 115 cm³/mol. The van der Waals surface area contributed by atoms with Crippen LogP contribution in [-0.4, -0.2) is 46.8 Å².